The zero-order valence-corrected chi connectivity index (χ0v) is 9.71. The van der Waals surface area contributed by atoms with E-state index in [-0.39, 0.29) is 24.3 Å². The van der Waals surface area contributed by atoms with Crippen LogP contribution in [0.1, 0.15) is 13.8 Å². The summed E-state index contributed by atoms with van der Waals surface area (Å²) in [5.41, 5.74) is 0.201. The van der Waals surface area contributed by atoms with Gasteiger partial charge in [-0.05, 0) is 12.8 Å². The van der Waals surface area contributed by atoms with Gasteiger partial charge in [-0.25, -0.2) is 19.3 Å². The Bertz CT molecular complexity index is 561. The molecule has 0 radical (unpaired) electrons. The molecule has 0 aliphatic rings. The average Bonchev–Trinajstić information content (AvgIpc) is 2.69. The fourth-order valence-corrected chi connectivity index (χ4v) is 1.42. The molecule has 0 amide bonds. The first kappa shape index (κ1) is 11.6. The van der Waals surface area contributed by atoms with Crippen molar-refractivity contribution in [3.63, 3.8) is 0 Å². The van der Waals surface area contributed by atoms with E-state index in [0.29, 0.717) is 11.5 Å². The van der Waals surface area contributed by atoms with Gasteiger partial charge < -0.3 is 10.4 Å². The van der Waals surface area contributed by atoms with Crippen molar-refractivity contribution in [2.45, 2.75) is 19.9 Å². The molecule has 7 heteroatoms. The minimum atomic E-state index is -0.309. The number of hydrogen-bond acceptors (Lipinski definition) is 5. The molecule has 2 atom stereocenters. The van der Waals surface area contributed by atoms with Crippen molar-refractivity contribution in [3.05, 3.63) is 22.9 Å². The minimum absolute atomic E-state index is 0.0839. The zero-order valence-electron chi connectivity index (χ0n) is 9.71. The van der Waals surface area contributed by atoms with Gasteiger partial charge >= 0.3 is 5.69 Å². The van der Waals surface area contributed by atoms with Crippen LogP contribution in [0.15, 0.2) is 17.2 Å². The predicted molar refractivity (Wildman–Crippen MR) is 62.9 cm³/mol. The van der Waals surface area contributed by atoms with Crippen molar-refractivity contribution in [2.24, 2.45) is 5.92 Å². The number of H-pyrrole nitrogens is 1. The molecule has 7 nitrogen and oxygen atoms in total. The number of fused-ring (bicyclic) bond motifs is 1. The van der Waals surface area contributed by atoms with Crippen molar-refractivity contribution in [2.75, 3.05) is 11.9 Å². The SMILES string of the molecule is CC(CO)C(C)Nc1cc2n[nH]c(=O)n2cn1. The smallest absolute Gasteiger partial charge is 0.348 e. The number of aromatic amines is 1. The molecule has 92 valence electrons. The van der Waals surface area contributed by atoms with Crippen LogP contribution in [0.4, 0.5) is 5.82 Å². The summed E-state index contributed by atoms with van der Waals surface area (Å²) < 4.78 is 1.32. The summed E-state index contributed by atoms with van der Waals surface area (Å²) in [6.07, 6.45) is 1.42. The highest BCUT2D eigenvalue weighted by Gasteiger charge is 2.11. The molecule has 3 N–H and O–H groups in total. The van der Waals surface area contributed by atoms with Gasteiger partial charge in [-0.1, -0.05) is 6.92 Å². The Morgan fingerprint density at radius 1 is 1.59 bits per heavy atom. The molecule has 0 saturated carbocycles. The summed E-state index contributed by atoms with van der Waals surface area (Å²) in [6.45, 7) is 4.01. The maximum Gasteiger partial charge on any atom is 0.348 e. The molecule has 0 saturated heterocycles. The van der Waals surface area contributed by atoms with Gasteiger partial charge in [0.25, 0.3) is 0 Å². The topological polar surface area (TPSA) is 95.3 Å². The highest BCUT2D eigenvalue weighted by molar-refractivity contribution is 5.48. The summed E-state index contributed by atoms with van der Waals surface area (Å²) in [5.74, 6) is 0.749. The first-order valence-electron chi connectivity index (χ1n) is 5.42. The van der Waals surface area contributed by atoms with Crippen molar-refractivity contribution in [3.8, 4) is 0 Å². The van der Waals surface area contributed by atoms with E-state index in [0.717, 1.165) is 0 Å². The lowest BCUT2D eigenvalue weighted by Gasteiger charge is -2.19. The third-order valence-corrected chi connectivity index (χ3v) is 2.83. The van der Waals surface area contributed by atoms with Gasteiger partial charge in [0.1, 0.15) is 12.1 Å². The summed E-state index contributed by atoms with van der Waals surface area (Å²) in [6, 6.07) is 1.76. The lowest BCUT2D eigenvalue weighted by molar-refractivity contribution is 0.226. The van der Waals surface area contributed by atoms with E-state index in [1.165, 1.54) is 10.7 Å². The second-order valence-corrected chi connectivity index (χ2v) is 4.12. The van der Waals surface area contributed by atoms with Crippen molar-refractivity contribution >= 4 is 11.5 Å². The highest BCUT2D eigenvalue weighted by Crippen LogP contribution is 2.10. The Morgan fingerprint density at radius 3 is 3.06 bits per heavy atom. The maximum atomic E-state index is 11.2. The van der Waals surface area contributed by atoms with Crippen molar-refractivity contribution in [1.82, 2.24) is 19.6 Å². The summed E-state index contributed by atoms with van der Waals surface area (Å²) in [4.78, 5) is 15.3. The van der Waals surface area contributed by atoms with E-state index >= 15 is 0 Å². The maximum absolute atomic E-state index is 11.2. The van der Waals surface area contributed by atoms with Crippen molar-refractivity contribution < 1.29 is 5.11 Å². The monoisotopic (exact) mass is 237 g/mol. The third kappa shape index (κ3) is 2.28. The Kier molecular flexibility index (Phi) is 3.10. The molecule has 0 spiro atoms. The molecule has 17 heavy (non-hydrogen) atoms. The number of aliphatic hydroxyl groups is 1. The van der Waals surface area contributed by atoms with Crippen LogP contribution in [-0.2, 0) is 0 Å². The minimum Gasteiger partial charge on any atom is -0.396 e. The molecule has 0 aromatic carbocycles. The van der Waals surface area contributed by atoms with E-state index in [2.05, 4.69) is 20.5 Å². The van der Waals surface area contributed by atoms with E-state index in [4.69, 9.17) is 5.11 Å². The number of hydrogen-bond donors (Lipinski definition) is 3. The first-order chi connectivity index (χ1) is 8.11. The normalized spacial score (nSPS) is 14.8. The van der Waals surface area contributed by atoms with E-state index in [1.807, 2.05) is 13.8 Å². The van der Waals surface area contributed by atoms with Crippen LogP contribution in [0, 0.1) is 5.92 Å². The number of anilines is 1. The van der Waals surface area contributed by atoms with Crippen LogP contribution in [0.25, 0.3) is 5.65 Å². The fourth-order valence-electron chi connectivity index (χ4n) is 1.42. The van der Waals surface area contributed by atoms with E-state index < -0.39 is 0 Å². The van der Waals surface area contributed by atoms with Crippen LogP contribution in [0.5, 0.6) is 0 Å². The summed E-state index contributed by atoms with van der Waals surface area (Å²) in [7, 11) is 0. The Labute approximate surface area is 97.5 Å². The number of nitrogens with zero attached hydrogens (tertiary/aromatic N) is 3. The largest absolute Gasteiger partial charge is 0.396 e. The first-order valence-corrected chi connectivity index (χ1v) is 5.42. The second kappa shape index (κ2) is 4.54. The molecule has 2 rings (SSSR count). The van der Waals surface area contributed by atoms with E-state index in [1.54, 1.807) is 6.07 Å². The van der Waals surface area contributed by atoms with Gasteiger partial charge in [0, 0.05) is 18.7 Å². The molecule has 2 unspecified atom stereocenters. The molecule has 2 aromatic heterocycles. The van der Waals surface area contributed by atoms with Crippen LogP contribution in [0.2, 0.25) is 0 Å². The van der Waals surface area contributed by atoms with Gasteiger partial charge in [-0.3, -0.25) is 0 Å². The Morgan fingerprint density at radius 2 is 2.35 bits per heavy atom. The van der Waals surface area contributed by atoms with Crippen LogP contribution >= 0.6 is 0 Å². The van der Waals surface area contributed by atoms with Crippen LogP contribution in [-0.4, -0.2) is 37.3 Å². The molecule has 2 aromatic rings. The second-order valence-electron chi connectivity index (χ2n) is 4.12. The van der Waals surface area contributed by atoms with Gasteiger partial charge in [0.15, 0.2) is 5.65 Å². The van der Waals surface area contributed by atoms with Crippen LogP contribution in [0.3, 0.4) is 0 Å². The standard InChI is InChI=1S/C10H15N5O2/c1-6(4-16)7(2)12-8-3-9-13-14-10(17)15(9)5-11-8/h3,5-7,12,16H,4H2,1-2H3,(H,14,17). The number of aromatic nitrogens is 4. The fraction of sp³-hybridized carbons (Fsp3) is 0.500. The Balaban J connectivity index is 2.22. The molecule has 2 heterocycles. The van der Waals surface area contributed by atoms with Gasteiger partial charge in [-0.2, -0.15) is 5.10 Å². The van der Waals surface area contributed by atoms with Gasteiger partial charge in [0.2, 0.25) is 0 Å². The molecule has 0 fully saturated rings. The number of rotatable bonds is 4. The predicted octanol–water partition coefficient (Wildman–Crippen LogP) is -0.154. The number of nitrogens with one attached hydrogen (secondary N) is 2. The van der Waals surface area contributed by atoms with E-state index in [9.17, 15) is 4.79 Å². The summed E-state index contributed by atoms with van der Waals surface area (Å²) in [5, 5.41) is 18.4. The molecular formula is C10H15N5O2. The quantitative estimate of drug-likeness (QED) is 0.687. The van der Waals surface area contributed by atoms with Gasteiger partial charge in [-0.15, -0.1) is 0 Å². The lowest BCUT2D eigenvalue weighted by Crippen LogP contribution is -2.26. The molecule has 0 aliphatic carbocycles. The Hall–Kier alpha value is -1.89. The zero-order chi connectivity index (χ0) is 12.4. The number of aliphatic hydroxyl groups excluding tert-OH is 1. The van der Waals surface area contributed by atoms with Gasteiger partial charge in [0.05, 0.1) is 0 Å². The molecular weight excluding hydrogens is 222 g/mol. The summed E-state index contributed by atoms with van der Waals surface area (Å²) >= 11 is 0. The van der Waals surface area contributed by atoms with Crippen LogP contribution < -0.4 is 11.0 Å². The third-order valence-electron chi connectivity index (χ3n) is 2.83. The molecule has 0 aliphatic heterocycles. The lowest BCUT2D eigenvalue weighted by atomic mass is 10.1. The molecule has 0 bridgehead atoms. The van der Waals surface area contributed by atoms with Crippen molar-refractivity contribution in [1.29, 1.82) is 0 Å². The highest BCUT2D eigenvalue weighted by atomic mass is 16.3. The average molecular weight is 237 g/mol.